The zero-order valence-corrected chi connectivity index (χ0v) is 28.8. The van der Waals surface area contributed by atoms with Crippen LogP contribution in [-0.4, -0.2) is 15.0 Å². The predicted octanol–water partition coefficient (Wildman–Crippen LogP) is 12.9. The Balaban J connectivity index is 1.25. The molecule has 0 aliphatic rings. The highest BCUT2D eigenvalue weighted by Gasteiger charge is 2.16. The lowest BCUT2D eigenvalue weighted by Gasteiger charge is -2.12. The van der Waals surface area contributed by atoms with E-state index in [1.54, 1.807) is 0 Å². The smallest absolute Gasteiger partial charge is 0.164 e. The van der Waals surface area contributed by atoms with Crippen molar-refractivity contribution in [3.05, 3.63) is 200 Å². The summed E-state index contributed by atoms with van der Waals surface area (Å²) in [4.78, 5) is 15.2. The van der Waals surface area contributed by atoms with E-state index in [9.17, 15) is 0 Å². The molecule has 53 heavy (non-hydrogen) atoms. The van der Waals surface area contributed by atoms with Crippen LogP contribution in [0.15, 0.2) is 205 Å². The van der Waals surface area contributed by atoms with Gasteiger partial charge in [0.25, 0.3) is 0 Å². The Bertz CT molecular complexity index is 2740. The summed E-state index contributed by atoms with van der Waals surface area (Å²) in [7, 11) is 0. The molecule has 0 bridgehead atoms. The van der Waals surface area contributed by atoms with Crippen molar-refractivity contribution in [3.63, 3.8) is 0 Å². The van der Waals surface area contributed by atoms with E-state index in [-0.39, 0.29) is 0 Å². The molecule has 4 nitrogen and oxygen atoms in total. The van der Waals surface area contributed by atoms with E-state index in [0.717, 1.165) is 66.2 Å². The summed E-state index contributed by atoms with van der Waals surface area (Å²) in [6.07, 6.45) is 1.84. The highest BCUT2D eigenvalue weighted by Crippen LogP contribution is 2.35. The SMILES string of the molecule is c1ccc(-c2ccc(-c3nc(-c4ccccc4)nc(-c4cc(-c5ccc(-c6ccccc6)cc5)c5occ6ccccc6cccc5c4)n3)cc2)cc1. The van der Waals surface area contributed by atoms with Crippen LogP contribution in [0.1, 0.15) is 0 Å². The molecule has 0 N–H and O–H groups in total. The van der Waals surface area contributed by atoms with Gasteiger partial charge in [-0.05, 0) is 45.3 Å². The van der Waals surface area contributed by atoms with Gasteiger partial charge in [-0.1, -0.05) is 182 Å². The van der Waals surface area contributed by atoms with E-state index >= 15 is 0 Å². The first-order valence-corrected chi connectivity index (χ1v) is 17.7. The average Bonchev–Trinajstić information content (AvgIpc) is 3.33. The third kappa shape index (κ3) is 6.69. The number of benzene rings is 7. The van der Waals surface area contributed by atoms with Crippen molar-refractivity contribution in [2.45, 2.75) is 0 Å². The molecule has 0 amide bonds. The second-order valence-electron chi connectivity index (χ2n) is 12.9. The molecule has 0 saturated heterocycles. The molecule has 9 rings (SSSR count). The van der Waals surface area contributed by atoms with Gasteiger partial charge in [0.15, 0.2) is 17.5 Å². The fourth-order valence-electron chi connectivity index (χ4n) is 6.66. The molecular weight excluding hydrogens is 647 g/mol. The normalized spacial score (nSPS) is 11.0. The van der Waals surface area contributed by atoms with E-state index in [1.807, 2.05) is 60.9 Å². The molecule has 0 aliphatic carbocycles. The Morgan fingerprint density at radius 2 is 0.679 bits per heavy atom. The number of hydrogen-bond acceptors (Lipinski definition) is 4. The Hall–Kier alpha value is -7.17. The molecule has 250 valence electrons. The minimum absolute atomic E-state index is 0.579. The number of fused-ring (bicyclic) bond motifs is 2. The molecule has 0 spiro atoms. The maximum absolute atomic E-state index is 6.61. The zero-order chi connectivity index (χ0) is 35.4. The quantitative estimate of drug-likeness (QED) is 0.175. The molecular formula is C49H33N3O. The Labute approximate surface area is 308 Å². The molecule has 0 unspecified atom stereocenters. The topological polar surface area (TPSA) is 51.8 Å². The first-order valence-electron chi connectivity index (χ1n) is 17.7. The van der Waals surface area contributed by atoms with Gasteiger partial charge in [0, 0.05) is 33.0 Å². The van der Waals surface area contributed by atoms with Crippen molar-refractivity contribution in [1.29, 1.82) is 0 Å². The van der Waals surface area contributed by atoms with E-state index in [0.29, 0.717) is 17.5 Å². The van der Waals surface area contributed by atoms with Crippen molar-refractivity contribution in [3.8, 4) is 67.5 Å². The number of hydrogen-bond donors (Lipinski definition) is 0. The minimum atomic E-state index is 0.579. The Kier molecular flexibility index (Phi) is 8.53. The summed E-state index contributed by atoms with van der Waals surface area (Å²) in [6, 6.07) is 66.7. The first-order chi connectivity index (χ1) is 26.2. The summed E-state index contributed by atoms with van der Waals surface area (Å²) in [5.74, 6) is 1.80. The fourth-order valence-corrected chi connectivity index (χ4v) is 6.66. The summed E-state index contributed by atoms with van der Waals surface area (Å²) >= 11 is 0. The van der Waals surface area contributed by atoms with Gasteiger partial charge in [-0.3, -0.25) is 0 Å². The van der Waals surface area contributed by atoms with Crippen molar-refractivity contribution in [2.24, 2.45) is 0 Å². The summed E-state index contributed by atoms with van der Waals surface area (Å²) in [5.41, 5.74) is 10.0. The van der Waals surface area contributed by atoms with Crippen LogP contribution < -0.4 is 0 Å². The summed E-state index contributed by atoms with van der Waals surface area (Å²) in [6.45, 7) is 0. The molecule has 0 radical (unpaired) electrons. The standard InChI is InChI=1S/C49H33N3O/c1-4-13-34(14-5-1)37-23-27-39(28-24-37)45-32-44(31-42-22-12-21-36-17-10-11-20-43(36)33-53-46(42)45)49-51-47(40-18-8-3-9-19-40)50-48(52-49)41-29-25-38(26-30-41)35-15-6-2-7-16-35/h1-33H. The van der Waals surface area contributed by atoms with Gasteiger partial charge in [0.1, 0.15) is 5.58 Å². The van der Waals surface area contributed by atoms with Crippen molar-refractivity contribution >= 4 is 21.7 Å². The van der Waals surface area contributed by atoms with Gasteiger partial charge < -0.3 is 4.42 Å². The van der Waals surface area contributed by atoms with Gasteiger partial charge in [-0.15, -0.1) is 0 Å². The molecule has 2 heterocycles. The first kappa shape index (κ1) is 31.8. The van der Waals surface area contributed by atoms with Gasteiger partial charge >= 0.3 is 0 Å². The summed E-state index contributed by atoms with van der Waals surface area (Å²) < 4.78 is 6.61. The molecule has 2 aromatic heterocycles. The molecule has 0 aliphatic heterocycles. The molecule has 4 heteroatoms. The Morgan fingerprint density at radius 1 is 0.283 bits per heavy atom. The van der Waals surface area contributed by atoms with Crippen molar-refractivity contribution in [2.75, 3.05) is 0 Å². The van der Waals surface area contributed by atoms with Crippen LogP contribution in [0.5, 0.6) is 0 Å². The van der Waals surface area contributed by atoms with Crippen molar-refractivity contribution in [1.82, 2.24) is 15.0 Å². The van der Waals surface area contributed by atoms with E-state index in [1.165, 1.54) is 5.56 Å². The average molecular weight is 680 g/mol. The molecule has 0 atom stereocenters. The number of nitrogens with zero attached hydrogens (tertiary/aromatic N) is 3. The van der Waals surface area contributed by atoms with Crippen LogP contribution >= 0.6 is 0 Å². The fraction of sp³-hybridized carbons (Fsp3) is 0. The van der Waals surface area contributed by atoms with Crippen LogP contribution in [0.2, 0.25) is 0 Å². The van der Waals surface area contributed by atoms with Crippen LogP contribution in [0.3, 0.4) is 0 Å². The van der Waals surface area contributed by atoms with Crippen molar-refractivity contribution < 1.29 is 4.42 Å². The maximum atomic E-state index is 6.61. The highest BCUT2D eigenvalue weighted by atomic mass is 16.3. The second kappa shape index (κ2) is 14.2. The number of aromatic nitrogens is 3. The van der Waals surface area contributed by atoms with Crippen LogP contribution in [0, 0.1) is 0 Å². The van der Waals surface area contributed by atoms with Crippen LogP contribution in [0.25, 0.3) is 89.3 Å². The largest absolute Gasteiger partial charge is 0.463 e. The van der Waals surface area contributed by atoms with Crippen LogP contribution in [0.4, 0.5) is 0 Å². The lowest BCUT2D eigenvalue weighted by atomic mass is 9.97. The van der Waals surface area contributed by atoms with Gasteiger partial charge in [-0.2, -0.15) is 0 Å². The van der Waals surface area contributed by atoms with E-state index in [4.69, 9.17) is 19.4 Å². The third-order valence-electron chi connectivity index (χ3n) is 9.45. The van der Waals surface area contributed by atoms with Gasteiger partial charge in [0.05, 0.1) is 6.26 Å². The highest BCUT2D eigenvalue weighted by molar-refractivity contribution is 5.96. The van der Waals surface area contributed by atoms with Gasteiger partial charge in [-0.25, -0.2) is 15.0 Å². The van der Waals surface area contributed by atoms with Gasteiger partial charge in [0.2, 0.25) is 0 Å². The van der Waals surface area contributed by atoms with E-state index < -0.39 is 0 Å². The number of rotatable bonds is 6. The molecule has 0 fully saturated rings. The predicted molar refractivity (Wildman–Crippen MR) is 217 cm³/mol. The molecule has 7 aromatic carbocycles. The lowest BCUT2D eigenvalue weighted by molar-refractivity contribution is 0.613. The Morgan fingerprint density at radius 3 is 1.26 bits per heavy atom. The lowest BCUT2D eigenvalue weighted by Crippen LogP contribution is -2.00. The van der Waals surface area contributed by atoms with Crippen LogP contribution in [-0.2, 0) is 0 Å². The van der Waals surface area contributed by atoms with E-state index in [2.05, 4.69) is 140 Å². The second-order valence-corrected chi connectivity index (χ2v) is 12.9. The third-order valence-corrected chi connectivity index (χ3v) is 9.45. The zero-order valence-electron chi connectivity index (χ0n) is 28.8. The molecule has 9 aromatic rings. The monoisotopic (exact) mass is 679 g/mol. The molecule has 0 saturated carbocycles. The minimum Gasteiger partial charge on any atom is -0.463 e. The maximum Gasteiger partial charge on any atom is 0.164 e. The summed E-state index contributed by atoms with van der Waals surface area (Å²) in [5, 5.41) is 3.01.